The molecule has 0 N–H and O–H groups in total. The maximum atomic E-state index is 12.5. The molecule has 1 amide bonds. The Morgan fingerprint density at radius 1 is 1.48 bits per heavy atom. The lowest BCUT2D eigenvalue weighted by molar-refractivity contribution is -0.126. The summed E-state index contributed by atoms with van der Waals surface area (Å²) < 4.78 is 6.02. The van der Waals surface area contributed by atoms with E-state index in [-0.39, 0.29) is 11.5 Å². The molecule has 0 atom stereocenters. The third kappa shape index (κ3) is 2.28. The Balaban J connectivity index is 1.52. The zero-order valence-electron chi connectivity index (χ0n) is 13.3. The predicted molar refractivity (Wildman–Crippen MR) is 87.5 cm³/mol. The molecule has 2 aliphatic rings. The average Bonchev–Trinajstić information content (AvgIpc) is 3.09. The summed E-state index contributed by atoms with van der Waals surface area (Å²) in [6.45, 7) is 5.80. The number of rotatable bonds is 3. The van der Waals surface area contributed by atoms with Crippen molar-refractivity contribution in [3.63, 3.8) is 0 Å². The number of hydrogen-bond acceptors (Lipinski definition) is 5. The maximum absolute atomic E-state index is 12.5. The van der Waals surface area contributed by atoms with Crippen LogP contribution < -0.4 is 0 Å². The Labute approximate surface area is 139 Å². The minimum absolute atomic E-state index is 0.101. The molecule has 0 unspecified atom stereocenters. The third-order valence-electron chi connectivity index (χ3n) is 4.60. The molecular formula is C17H19N3O2S. The standard InChI is InChI=1S/C17H19N3O2S/c1-3-4-14-18-7-12-13(19-14)8-22-17(12)9-20(10-17)16(21)15-11(2)5-6-23-15/h5-7H,3-4,8-10H2,1-2H3. The van der Waals surface area contributed by atoms with E-state index >= 15 is 0 Å². The monoisotopic (exact) mass is 329 g/mol. The normalized spacial score (nSPS) is 18.1. The molecule has 1 fully saturated rings. The van der Waals surface area contributed by atoms with Crippen LogP contribution in [0, 0.1) is 6.92 Å². The Kier molecular flexibility index (Phi) is 3.46. The van der Waals surface area contributed by atoms with Crippen molar-refractivity contribution >= 4 is 17.2 Å². The molecule has 23 heavy (non-hydrogen) atoms. The highest BCUT2D eigenvalue weighted by Crippen LogP contribution is 2.43. The predicted octanol–water partition coefficient (Wildman–Crippen LogP) is 2.68. The number of amides is 1. The van der Waals surface area contributed by atoms with E-state index in [0.717, 1.165) is 40.4 Å². The summed E-state index contributed by atoms with van der Waals surface area (Å²) in [6.07, 6.45) is 3.83. The average molecular weight is 329 g/mol. The number of thiophene rings is 1. The van der Waals surface area contributed by atoms with E-state index in [0.29, 0.717) is 19.7 Å². The number of nitrogens with zero attached hydrogens (tertiary/aromatic N) is 3. The van der Waals surface area contributed by atoms with Crippen LogP contribution in [-0.4, -0.2) is 33.9 Å². The summed E-state index contributed by atoms with van der Waals surface area (Å²) >= 11 is 1.50. The molecule has 0 aliphatic carbocycles. The molecule has 1 saturated heterocycles. The van der Waals surface area contributed by atoms with E-state index in [9.17, 15) is 4.79 Å². The first kappa shape index (κ1) is 14.8. The molecule has 1 spiro atoms. The molecule has 0 radical (unpaired) electrons. The largest absolute Gasteiger partial charge is 0.360 e. The van der Waals surface area contributed by atoms with E-state index < -0.39 is 0 Å². The minimum atomic E-state index is -0.388. The highest BCUT2D eigenvalue weighted by Gasteiger charge is 2.52. The van der Waals surface area contributed by atoms with Gasteiger partial charge in [0.2, 0.25) is 0 Å². The number of aryl methyl sites for hydroxylation is 2. The lowest BCUT2D eigenvalue weighted by atomic mass is 9.87. The van der Waals surface area contributed by atoms with Crippen molar-refractivity contribution in [1.29, 1.82) is 0 Å². The fourth-order valence-electron chi connectivity index (χ4n) is 3.29. The molecule has 5 nitrogen and oxygen atoms in total. The van der Waals surface area contributed by atoms with Crippen molar-refractivity contribution in [2.75, 3.05) is 13.1 Å². The number of fused-ring (bicyclic) bond motifs is 2. The van der Waals surface area contributed by atoms with Crippen LogP contribution in [0.4, 0.5) is 0 Å². The molecule has 4 rings (SSSR count). The van der Waals surface area contributed by atoms with Crippen LogP contribution >= 0.6 is 11.3 Å². The summed E-state index contributed by atoms with van der Waals surface area (Å²) in [7, 11) is 0. The highest BCUT2D eigenvalue weighted by atomic mass is 32.1. The van der Waals surface area contributed by atoms with Crippen molar-refractivity contribution in [3.8, 4) is 0 Å². The minimum Gasteiger partial charge on any atom is -0.360 e. The van der Waals surface area contributed by atoms with Crippen molar-refractivity contribution in [3.05, 3.63) is 45.2 Å². The van der Waals surface area contributed by atoms with Gasteiger partial charge < -0.3 is 9.64 Å². The van der Waals surface area contributed by atoms with Gasteiger partial charge in [-0.2, -0.15) is 0 Å². The van der Waals surface area contributed by atoms with Gasteiger partial charge in [-0.3, -0.25) is 4.79 Å². The first-order valence-electron chi connectivity index (χ1n) is 7.95. The molecule has 0 saturated carbocycles. The van der Waals surface area contributed by atoms with E-state index in [1.807, 2.05) is 29.5 Å². The number of aromatic nitrogens is 2. The van der Waals surface area contributed by atoms with Gasteiger partial charge in [-0.15, -0.1) is 11.3 Å². The summed E-state index contributed by atoms with van der Waals surface area (Å²) in [6, 6.07) is 1.98. The van der Waals surface area contributed by atoms with Crippen LogP contribution in [0.25, 0.3) is 0 Å². The van der Waals surface area contributed by atoms with E-state index in [1.54, 1.807) is 0 Å². The maximum Gasteiger partial charge on any atom is 0.264 e. The lowest BCUT2D eigenvalue weighted by Crippen LogP contribution is -2.61. The first-order valence-corrected chi connectivity index (χ1v) is 8.83. The second-order valence-corrected chi connectivity index (χ2v) is 7.19. The molecule has 2 aromatic rings. The molecule has 0 aromatic carbocycles. The molecule has 6 heteroatoms. The van der Waals surface area contributed by atoms with Gasteiger partial charge in [-0.05, 0) is 30.4 Å². The van der Waals surface area contributed by atoms with Gasteiger partial charge in [0, 0.05) is 18.2 Å². The quantitative estimate of drug-likeness (QED) is 0.869. The molecule has 2 aromatic heterocycles. The number of ether oxygens (including phenoxy) is 1. The number of carbonyl (C=O) groups excluding carboxylic acids is 1. The zero-order chi connectivity index (χ0) is 16.0. The Morgan fingerprint density at radius 2 is 2.30 bits per heavy atom. The second-order valence-electron chi connectivity index (χ2n) is 6.27. The number of carbonyl (C=O) groups is 1. The van der Waals surface area contributed by atoms with Crippen molar-refractivity contribution in [1.82, 2.24) is 14.9 Å². The smallest absolute Gasteiger partial charge is 0.264 e. The van der Waals surface area contributed by atoms with Gasteiger partial charge in [0.05, 0.1) is 30.3 Å². The molecular weight excluding hydrogens is 310 g/mol. The van der Waals surface area contributed by atoms with Gasteiger partial charge in [-0.25, -0.2) is 9.97 Å². The van der Waals surface area contributed by atoms with Crippen LogP contribution in [0.2, 0.25) is 0 Å². The van der Waals surface area contributed by atoms with Gasteiger partial charge in [0.25, 0.3) is 5.91 Å². The Bertz CT molecular complexity index is 765. The summed E-state index contributed by atoms with van der Waals surface area (Å²) in [5.74, 6) is 0.983. The van der Waals surface area contributed by atoms with Gasteiger partial charge in [-0.1, -0.05) is 6.92 Å². The fraction of sp³-hybridized carbons (Fsp3) is 0.471. The first-order chi connectivity index (χ1) is 11.1. The summed E-state index contributed by atoms with van der Waals surface area (Å²) in [5.41, 5.74) is 2.70. The third-order valence-corrected chi connectivity index (χ3v) is 5.61. The molecule has 4 heterocycles. The molecule has 120 valence electrons. The second kappa shape index (κ2) is 5.39. The zero-order valence-corrected chi connectivity index (χ0v) is 14.2. The topological polar surface area (TPSA) is 55.3 Å². The molecule has 2 aliphatic heterocycles. The van der Waals surface area contributed by atoms with Crippen LogP contribution in [0.3, 0.4) is 0 Å². The number of hydrogen-bond donors (Lipinski definition) is 0. The molecule has 0 bridgehead atoms. The summed E-state index contributed by atoms with van der Waals surface area (Å²) in [5, 5.41) is 1.96. The number of likely N-dealkylation sites (tertiary alicyclic amines) is 1. The van der Waals surface area contributed by atoms with Crippen molar-refractivity contribution < 1.29 is 9.53 Å². The summed E-state index contributed by atoms with van der Waals surface area (Å²) in [4.78, 5) is 24.3. The SMILES string of the molecule is CCCc1ncc2c(n1)COC21CN(C(=O)c2sccc2C)C1. The van der Waals surface area contributed by atoms with Crippen LogP contribution in [-0.2, 0) is 23.4 Å². The fourth-order valence-corrected chi connectivity index (χ4v) is 4.18. The van der Waals surface area contributed by atoms with Crippen molar-refractivity contribution in [2.24, 2.45) is 0 Å². The van der Waals surface area contributed by atoms with Gasteiger partial charge in [0.1, 0.15) is 11.4 Å². The van der Waals surface area contributed by atoms with E-state index in [1.165, 1.54) is 11.3 Å². The van der Waals surface area contributed by atoms with E-state index in [2.05, 4.69) is 16.9 Å². The highest BCUT2D eigenvalue weighted by molar-refractivity contribution is 7.12. The van der Waals surface area contributed by atoms with E-state index in [4.69, 9.17) is 4.74 Å². The Hall–Kier alpha value is -1.79. The van der Waals surface area contributed by atoms with Gasteiger partial charge >= 0.3 is 0 Å². The van der Waals surface area contributed by atoms with Crippen LogP contribution in [0.5, 0.6) is 0 Å². The van der Waals surface area contributed by atoms with Crippen LogP contribution in [0.1, 0.15) is 45.7 Å². The lowest BCUT2D eigenvalue weighted by Gasteiger charge is -2.47. The van der Waals surface area contributed by atoms with Crippen molar-refractivity contribution in [2.45, 2.75) is 38.9 Å². The van der Waals surface area contributed by atoms with Crippen LogP contribution in [0.15, 0.2) is 17.6 Å². The van der Waals surface area contributed by atoms with Gasteiger partial charge in [0.15, 0.2) is 0 Å². The Morgan fingerprint density at radius 3 is 3.00 bits per heavy atom.